The molecule has 0 saturated heterocycles. The van der Waals surface area contributed by atoms with E-state index in [-0.39, 0.29) is 12.4 Å². The van der Waals surface area contributed by atoms with Crippen LogP contribution in [-0.2, 0) is 0 Å². The van der Waals surface area contributed by atoms with E-state index in [0.717, 1.165) is 0 Å². The first-order chi connectivity index (χ1) is 5.74. The van der Waals surface area contributed by atoms with Crippen molar-refractivity contribution in [2.24, 2.45) is 0 Å². The van der Waals surface area contributed by atoms with Gasteiger partial charge in [-0.25, -0.2) is 8.78 Å². The van der Waals surface area contributed by atoms with Crippen molar-refractivity contribution >= 4 is 0 Å². The molecule has 1 nitrogen and oxygen atoms in total. The maximum Gasteiger partial charge on any atom is 0.137 e. The first kappa shape index (κ1) is 9.13. The highest BCUT2D eigenvalue weighted by atomic mass is 19.1. The average Bonchev–Trinajstić information content (AvgIpc) is 2.06. The van der Waals surface area contributed by atoms with Crippen molar-refractivity contribution in [3.63, 3.8) is 0 Å². The van der Waals surface area contributed by atoms with Crippen LogP contribution in [0.4, 0.5) is 8.78 Å². The van der Waals surface area contributed by atoms with Crippen molar-refractivity contribution in [2.75, 3.05) is 13.6 Å². The van der Waals surface area contributed by atoms with Gasteiger partial charge in [0.25, 0.3) is 0 Å². The molecule has 1 aromatic rings. The highest BCUT2D eigenvalue weighted by Gasteiger charge is 2.07. The minimum atomic E-state index is -1.06. The summed E-state index contributed by atoms with van der Waals surface area (Å²) in [6, 6.07) is 5.43. The standard InChI is InChI=1S/C9H11F2N/c1-12-6-9(11)7-2-4-8(10)5-3-7/h2-5,9,12H,6H2,1H3. The first-order valence-electron chi connectivity index (χ1n) is 3.78. The number of benzene rings is 1. The highest BCUT2D eigenvalue weighted by molar-refractivity contribution is 5.18. The molecule has 0 aliphatic carbocycles. The number of rotatable bonds is 3. The third-order valence-corrected chi connectivity index (χ3v) is 1.62. The van der Waals surface area contributed by atoms with Crippen LogP contribution in [0, 0.1) is 5.82 Å². The molecule has 0 fully saturated rings. The Kier molecular flexibility index (Phi) is 3.17. The topological polar surface area (TPSA) is 12.0 Å². The molecule has 12 heavy (non-hydrogen) atoms. The normalized spacial score (nSPS) is 12.9. The van der Waals surface area contributed by atoms with Gasteiger partial charge in [-0.05, 0) is 24.7 Å². The maximum atomic E-state index is 13.1. The van der Waals surface area contributed by atoms with Gasteiger partial charge >= 0.3 is 0 Å². The van der Waals surface area contributed by atoms with Gasteiger partial charge in [-0.3, -0.25) is 0 Å². The Bertz CT molecular complexity index is 233. The summed E-state index contributed by atoms with van der Waals surface area (Å²) >= 11 is 0. The SMILES string of the molecule is CNCC(F)c1ccc(F)cc1. The van der Waals surface area contributed by atoms with Crippen LogP contribution >= 0.6 is 0 Å². The van der Waals surface area contributed by atoms with Gasteiger partial charge in [0.1, 0.15) is 12.0 Å². The van der Waals surface area contributed by atoms with Crippen LogP contribution in [-0.4, -0.2) is 13.6 Å². The van der Waals surface area contributed by atoms with Crippen molar-refractivity contribution in [1.29, 1.82) is 0 Å². The van der Waals surface area contributed by atoms with Crippen LogP contribution in [0.25, 0.3) is 0 Å². The zero-order chi connectivity index (χ0) is 8.97. The Morgan fingerprint density at radius 2 is 1.92 bits per heavy atom. The third-order valence-electron chi connectivity index (χ3n) is 1.62. The number of halogens is 2. The van der Waals surface area contributed by atoms with E-state index in [1.54, 1.807) is 7.05 Å². The summed E-state index contributed by atoms with van der Waals surface area (Å²) in [6.07, 6.45) is -1.06. The molecule has 0 spiro atoms. The number of hydrogen-bond acceptors (Lipinski definition) is 1. The molecule has 0 radical (unpaired) electrons. The summed E-state index contributed by atoms with van der Waals surface area (Å²) in [6.45, 7) is 0.256. The van der Waals surface area contributed by atoms with Crippen molar-refractivity contribution in [3.8, 4) is 0 Å². The van der Waals surface area contributed by atoms with Crippen LogP contribution in [0.5, 0.6) is 0 Å². The van der Waals surface area contributed by atoms with Crippen molar-refractivity contribution < 1.29 is 8.78 Å². The second-order valence-corrected chi connectivity index (χ2v) is 2.58. The summed E-state index contributed by atoms with van der Waals surface area (Å²) in [4.78, 5) is 0. The summed E-state index contributed by atoms with van der Waals surface area (Å²) < 4.78 is 25.5. The zero-order valence-corrected chi connectivity index (χ0v) is 6.85. The van der Waals surface area contributed by atoms with Gasteiger partial charge in [0, 0.05) is 6.54 Å². The lowest BCUT2D eigenvalue weighted by Crippen LogP contribution is -2.13. The van der Waals surface area contributed by atoms with Crippen LogP contribution in [0.1, 0.15) is 11.7 Å². The van der Waals surface area contributed by atoms with E-state index >= 15 is 0 Å². The minimum absolute atomic E-state index is 0.256. The fraction of sp³-hybridized carbons (Fsp3) is 0.333. The number of nitrogens with one attached hydrogen (secondary N) is 1. The van der Waals surface area contributed by atoms with Crippen molar-refractivity contribution in [3.05, 3.63) is 35.6 Å². The van der Waals surface area contributed by atoms with Crippen LogP contribution < -0.4 is 5.32 Å². The zero-order valence-electron chi connectivity index (χ0n) is 6.85. The van der Waals surface area contributed by atoms with E-state index in [0.29, 0.717) is 5.56 Å². The van der Waals surface area contributed by atoms with E-state index in [2.05, 4.69) is 5.32 Å². The van der Waals surface area contributed by atoms with Gasteiger partial charge in [0.05, 0.1) is 0 Å². The largest absolute Gasteiger partial charge is 0.317 e. The molecule has 1 rings (SSSR count). The quantitative estimate of drug-likeness (QED) is 0.734. The molecule has 0 aliphatic heterocycles. The van der Waals surface area contributed by atoms with Crippen molar-refractivity contribution in [1.82, 2.24) is 5.32 Å². The van der Waals surface area contributed by atoms with Crippen LogP contribution in [0.15, 0.2) is 24.3 Å². The minimum Gasteiger partial charge on any atom is -0.317 e. The summed E-state index contributed by atoms with van der Waals surface area (Å²) in [5.74, 6) is -0.338. The Hall–Kier alpha value is -0.960. The van der Waals surface area contributed by atoms with E-state index in [4.69, 9.17) is 0 Å². The lowest BCUT2D eigenvalue weighted by molar-refractivity contribution is 0.335. The molecule has 0 bridgehead atoms. The predicted molar refractivity (Wildman–Crippen MR) is 44.2 cm³/mol. The lowest BCUT2D eigenvalue weighted by atomic mass is 10.1. The molecule has 0 saturated carbocycles. The molecule has 0 amide bonds. The number of alkyl halides is 1. The average molecular weight is 171 g/mol. The molecule has 0 heterocycles. The highest BCUT2D eigenvalue weighted by Crippen LogP contribution is 2.16. The molecule has 0 aromatic heterocycles. The van der Waals surface area contributed by atoms with E-state index < -0.39 is 6.17 Å². The molecule has 1 atom stereocenters. The fourth-order valence-corrected chi connectivity index (χ4v) is 0.969. The number of likely N-dealkylation sites (N-methyl/N-ethyl adjacent to an activating group) is 1. The van der Waals surface area contributed by atoms with Crippen LogP contribution in [0.2, 0.25) is 0 Å². The van der Waals surface area contributed by atoms with E-state index in [9.17, 15) is 8.78 Å². The lowest BCUT2D eigenvalue weighted by Gasteiger charge is -2.06. The third kappa shape index (κ3) is 2.27. The monoisotopic (exact) mass is 171 g/mol. The van der Waals surface area contributed by atoms with Gasteiger partial charge in [-0.2, -0.15) is 0 Å². The molecule has 0 aliphatic rings. The smallest absolute Gasteiger partial charge is 0.137 e. The Balaban J connectivity index is 2.68. The molecular formula is C9H11F2N. The maximum absolute atomic E-state index is 13.1. The summed E-state index contributed by atoms with van der Waals surface area (Å²) in [5.41, 5.74) is 0.505. The molecule has 1 aromatic carbocycles. The van der Waals surface area contributed by atoms with Crippen molar-refractivity contribution in [2.45, 2.75) is 6.17 Å². The second kappa shape index (κ2) is 4.16. The van der Waals surface area contributed by atoms with E-state index in [1.165, 1.54) is 24.3 Å². The Morgan fingerprint density at radius 3 is 2.42 bits per heavy atom. The van der Waals surface area contributed by atoms with Gasteiger partial charge in [0.2, 0.25) is 0 Å². The predicted octanol–water partition coefficient (Wildman–Crippen LogP) is 2.06. The Labute approximate surface area is 70.4 Å². The molecular weight excluding hydrogens is 160 g/mol. The molecule has 66 valence electrons. The number of hydrogen-bond donors (Lipinski definition) is 1. The van der Waals surface area contributed by atoms with Gasteiger partial charge in [0.15, 0.2) is 0 Å². The molecule has 3 heteroatoms. The summed E-state index contributed by atoms with van der Waals surface area (Å²) in [5, 5.41) is 2.71. The fourth-order valence-electron chi connectivity index (χ4n) is 0.969. The molecule has 1 unspecified atom stereocenters. The van der Waals surface area contributed by atoms with Gasteiger partial charge < -0.3 is 5.32 Å². The van der Waals surface area contributed by atoms with Gasteiger partial charge in [-0.15, -0.1) is 0 Å². The first-order valence-corrected chi connectivity index (χ1v) is 3.78. The summed E-state index contributed by atoms with van der Waals surface area (Å²) in [7, 11) is 1.68. The van der Waals surface area contributed by atoms with Gasteiger partial charge in [-0.1, -0.05) is 12.1 Å². The van der Waals surface area contributed by atoms with Crippen LogP contribution in [0.3, 0.4) is 0 Å². The molecule has 1 N–H and O–H groups in total. The Morgan fingerprint density at radius 1 is 1.33 bits per heavy atom. The second-order valence-electron chi connectivity index (χ2n) is 2.58. The van der Waals surface area contributed by atoms with E-state index in [1.807, 2.05) is 0 Å².